The fourth-order valence-electron chi connectivity index (χ4n) is 2.76. The quantitative estimate of drug-likeness (QED) is 0.550. The second-order valence-electron chi connectivity index (χ2n) is 6.66. The molecule has 1 heterocycles. The van der Waals surface area contributed by atoms with Crippen LogP contribution < -0.4 is 4.72 Å². The molecule has 1 aliphatic rings. The highest BCUT2D eigenvalue weighted by Crippen LogP contribution is 2.40. The van der Waals surface area contributed by atoms with Gasteiger partial charge in [-0.1, -0.05) is 11.6 Å². The van der Waals surface area contributed by atoms with Gasteiger partial charge in [0.05, 0.1) is 27.4 Å². The maximum Gasteiger partial charge on any atom is 0.417 e. The molecule has 0 aliphatic heterocycles. The second kappa shape index (κ2) is 7.07. The van der Waals surface area contributed by atoms with E-state index in [1.54, 1.807) is 18.3 Å². The van der Waals surface area contributed by atoms with Gasteiger partial charge in [0, 0.05) is 11.5 Å². The molecule has 2 aromatic carbocycles. The lowest BCUT2D eigenvalue weighted by atomic mass is 10.2. The summed E-state index contributed by atoms with van der Waals surface area (Å²) in [5.74, 6) is 1.58. The smallest absolute Gasteiger partial charge is 0.417 e. The number of halogens is 4. The van der Waals surface area contributed by atoms with E-state index in [2.05, 4.69) is 9.71 Å². The normalized spacial score (nSPS) is 14.8. The Bertz CT molecular complexity index is 1150. The van der Waals surface area contributed by atoms with Gasteiger partial charge in [0.25, 0.3) is 10.0 Å². The Morgan fingerprint density at radius 1 is 1.10 bits per heavy atom. The number of aromatic nitrogens is 1. The van der Waals surface area contributed by atoms with E-state index in [4.69, 9.17) is 16.0 Å². The average Bonchev–Trinajstić information content (AvgIpc) is 3.37. The van der Waals surface area contributed by atoms with Crippen LogP contribution in [0.15, 0.2) is 58.0 Å². The lowest BCUT2D eigenvalue weighted by molar-refractivity contribution is -0.137. The first kappa shape index (κ1) is 19.8. The zero-order valence-electron chi connectivity index (χ0n) is 14.7. The molecule has 5 nitrogen and oxygen atoms in total. The third kappa shape index (κ3) is 4.25. The summed E-state index contributed by atoms with van der Waals surface area (Å²) in [5.41, 5.74) is -0.443. The molecular weight excluding hydrogens is 429 g/mol. The van der Waals surface area contributed by atoms with Crippen LogP contribution >= 0.6 is 11.6 Å². The number of benzene rings is 2. The maximum absolute atomic E-state index is 12.8. The number of sulfonamides is 1. The molecular formula is C19H14ClF3N2O3S. The highest BCUT2D eigenvalue weighted by molar-refractivity contribution is 7.92. The van der Waals surface area contributed by atoms with Crippen molar-refractivity contribution in [3.63, 3.8) is 0 Å². The van der Waals surface area contributed by atoms with Crippen molar-refractivity contribution in [1.82, 2.24) is 4.98 Å². The molecule has 0 bridgehead atoms. The second-order valence-corrected chi connectivity index (χ2v) is 8.75. The summed E-state index contributed by atoms with van der Waals surface area (Å²) in [6, 6.07) is 8.56. The number of alkyl halides is 3. The molecule has 0 amide bonds. The Hall–Kier alpha value is -2.52. The highest BCUT2D eigenvalue weighted by atomic mass is 35.5. The van der Waals surface area contributed by atoms with Gasteiger partial charge in [-0.2, -0.15) is 13.2 Å². The van der Waals surface area contributed by atoms with Gasteiger partial charge < -0.3 is 4.42 Å². The number of nitrogens with one attached hydrogen (secondary N) is 1. The predicted molar refractivity (Wildman–Crippen MR) is 101 cm³/mol. The van der Waals surface area contributed by atoms with Crippen molar-refractivity contribution in [2.45, 2.75) is 29.8 Å². The SMILES string of the molecule is O=S(=O)(Nc1ccc(C(F)(F)F)c(Cl)c1)c1ccc(-c2cnc(C3CC3)o2)cc1. The lowest BCUT2D eigenvalue weighted by Crippen LogP contribution is -2.13. The molecule has 10 heteroatoms. The molecule has 0 radical (unpaired) electrons. The van der Waals surface area contributed by atoms with E-state index in [1.807, 2.05) is 0 Å². The molecule has 0 atom stereocenters. The molecule has 1 aromatic heterocycles. The van der Waals surface area contributed by atoms with Crippen LogP contribution in [0, 0.1) is 0 Å². The lowest BCUT2D eigenvalue weighted by Gasteiger charge is -2.12. The van der Waals surface area contributed by atoms with E-state index in [0.717, 1.165) is 31.0 Å². The van der Waals surface area contributed by atoms with Crippen LogP contribution in [0.4, 0.5) is 18.9 Å². The summed E-state index contributed by atoms with van der Waals surface area (Å²) < 4.78 is 71.3. The van der Waals surface area contributed by atoms with E-state index in [0.29, 0.717) is 23.1 Å². The molecule has 0 spiro atoms. The van der Waals surface area contributed by atoms with Gasteiger partial charge in [0.15, 0.2) is 11.7 Å². The molecule has 1 saturated carbocycles. The van der Waals surface area contributed by atoms with Crippen molar-refractivity contribution in [3.05, 3.63) is 65.1 Å². The van der Waals surface area contributed by atoms with Crippen molar-refractivity contribution in [2.75, 3.05) is 4.72 Å². The van der Waals surface area contributed by atoms with Gasteiger partial charge in [-0.15, -0.1) is 0 Å². The Kier molecular flexibility index (Phi) is 4.82. The zero-order valence-corrected chi connectivity index (χ0v) is 16.3. The first-order chi connectivity index (χ1) is 13.6. The Balaban J connectivity index is 1.53. The van der Waals surface area contributed by atoms with Crippen LogP contribution in [0.2, 0.25) is 5.02 Å². The van der Waals surface area contributed by atoms with E-state index < -0.39 is 26.8 Å². The van der Waals surface area contributed by atoms with Crippen LogP contribution in [-0.2, 0) is 16.2 Å². The summed E-state index contributed by atoms with van der Waals surface area (Å²) >= 11 is 5.63. The molecule has 0 unspecified atom stereocenters. The molecule has 29 heavy (non-hydrogen) atoms. The number of hydrogen-bond donors (Lipinski definition) is 1. The molecule has 1 fully saturated rings. The Morgan fingerprint density at radius 3 is 2.38 bits per heavy atom. The van der Waals surface area contributed by atoms with Gasteiger partial charge in [-0.25, -0.2) is 13.4 Å². The van der Waals surface area contributed by atoms with Crippen molar-refractivity contribution in [2.24, 2.45) is 0 Å². The standard InChI is InChI=1S/C19H14ClF3N2O3S/c20-16-9-13(5-8-15(16)19(21,22)23)25-29(26,27)14-6-3-11(4-7-14)17-10-24-18(28-17)12-1-2-12/h3-10,12,25H,1-2H2. The molecule has 1 N–H and O–H groups in total. The minimum absolute atomic E-state index is 0.0563. The largest absolute Gasteiger partial charge is 0.440 e. The summed E-state index contributed by atoms with van der Waals surface area (Å²) in [5, 5.41) is -0.593. The Morgan fingerprint density at radius 2 is 1.79 bits per heavy atom. The van der Waals surface area contributed by atoms with Gasteiger partial charge in [0.2, 0.25) is 0 Å². The first-order valence-electron chi connectivity index (χ1n) is 8.59. The van der Waals surface area contributed by atoms with Gasteiger partial charge in [0.1, 0.15) is 0 Å². The Labute approximate surface area is 169 Å². The van der Waals surface area contributed by atoms with Crippen LogP contribution in [0.5, 0.6) is 0 Å². The van der Waals surface area contributed by atoms with Crippen molar-refractivity contribution in [3.8, 4) is 11.3 Å². The summed E-state index contributed by atoms with van der Waals surface area (Å²) in [7, 11) is -4.01. The highest BCUT2D eigenvalue weighted by Gasteiger charge is 2.33. The van der Waals surface area contributed by atoms with Crippen molar-refractivity contribution in [1.29, 1.82) is 0 Å². The molecule has 1 aliphatic carbocycles. The minimum atomic E-state index is -4.62. The molecule has 152 valence electrons. The van der Waals surface area contributed by atoms with E-state index >= 15 is 0 Å². The van der Waals surface area contributed by atoms with E-state index in [1.165, 1.54) is 12.1 Å². The van der Waals surface area contributed by atoms with Crippen molar-refractivity contribution >= 4 is 27.3 Å². The third-order valence-corrected chi connectivity index (χ3v) is 6.14. The fraction of sp³-hybridized carbons (Fsp3) is 0.211. The number of oxazole rings is 1. The van der Waals surface area contributed by atoms with Crippen LogP contribution in [0.3, 0.4) is 0 Å². The molecule has 3 aromatic rings. The minimum Gasteiger partial charge on any atom is -0.440 e. The van der Waals surface area contributed by atoms with Gasteiger partial charge in [-0.05, 0) is 55.3 Å². The first-order valence-corrected chi connectivity index (χ1v) is 10.5. The molecule has 0 saturated heterocycles. The average molecular weight is 443 g/mol. The third-order valence-electron chi connectivity index (χ3n) is 4.43. The van der Waals surface area contributed by atoms with Gasteiger partial charge >= 0.3 is 6.18 Å². The molecule has 4 rings (SSSR count). The fourth-order valence-corrected chi connectivity index (χ4v) is 4.10. The van der Waals surface area contributed by atoms with Crippen LogP contribution in [-0.4, -0.2) is 13.4 Å². The van der Waals surface area contributed by atoms with Crippen molar-refractivity contribution < 1.29 is 26.0 Å². The zero-order chi connectivity index (χ0) is 20.8. The monoisotopic (exact) mass is 442 g/mol. The van der Waals surface area contributed by atoms with E-state index in [9.17, 15) is 21.6 Å². The summed E-state index contributed by atoms with van der Waals surface area (Å²) in [6.07, 6.45) is -0.919. The van der Waals surface area contributed by atoms with E-state index in [-0.39, 0.29) is 10.6 Å². The van der Waals surface area contributed by atoms with Crippen LogP contribution in [0.25, 0.3) is 11.3 Å². The number of hydrogen-bond acceptors (Lipinski definition) is 4. The summed E-state index contributed by atoms with van der Waals surface area (Å²) in [6.45, 7) is 0. The predicted octanol–water partition coefficient (Wildman–Crippen LogP) is 5.69. The van der Waals surface area contributed by atoms with Gasteiger partial charge in [-0.3, -0.25) is 4.72 Å². The topological polar surface area (TPSA) is 72.2 Å². The maximum atomic E-state index is 12.8. The number of anilines is 1. The number of rotatable bonds is 5. The number of nitrogens with zero attached hydrogens (tertiary/aromatic N) is 1. The van der Waals surface area contributed by atoms with Crippen LogP contribution in [0.1, 0.15) is 30.2 Å². The summed E-state index contributed by atoms with van der Waals surface area (Å²) in [4.78, 5) is 4.17.